The summed E-state index contributed by atoms with van der Waals surface area (Å²) in [6, 6.07) is 7.74. The van der Waals surface area contributed by atoms with Gasteiger partial charge in [0.15, 0.2) is 0 Å². The Labute approximate surface area is 126 Å². The van der Waals surface area contributed by atoms with Crippen molar-refractivity contribution in [3.63, 3.8) is 0 Å². The molecule has 1 aromatic carbocycles. The molecule has 5 heteroatoms. The molecule has 1 heterocycles. The molecule has 5 nitrogen and oxygen atoms in total. The van der Waals surface area contributed by atoms with Crippen LogP contribution in [0.3, 0.4) is 0 Å². The van der Waals surface area contributed by atoms with E-state index in [1.807, 2.05) is 12.1 Å². The van der Waals surface area contributed by atoms with E-state index < -0.39 is 0 Å². The van der Waals surface area contributed by atoms with Crippen molar-refractivity contribution < 1.29 is 9.90 Å². The smallest absolute Gasteiger partial charge is 0.315 e. The Balaban J connectivity index is 1.95. The average Bonchev–Trinajstić information content (AvgIpc) is 2.54. The molecular weight excluding hydrogens is 266 g/mol. The number of amides is 2. The Morgan fingerprint density at radius 1 is 1.29 bits per heavy atom. The molecule has 2 rings (SSSR count). The number of nitrogens with zero attached hydrogens (tertiary/aromatic N) is 1. The molecule has 0 aromatic heterocycles. The predicted molar refractivity (Wildman–Crippen MR) is 84.4 cm³/mol. The highest BCUT2D eigenvalue weighted by Crippen LogP contribution is 2.23. The summed E-state index contributed by atoms with van der Waals surface area (Å²) in [5, 5.41) is 14.5. The molecule has 0 unspecified atom stereocenters. The summed E-state index contributed by atoms with van der Waals surface area (Å²) in [6.45, 7) is 4.38. The zero-order chi connectivity index (χ0) is 15.1. The quantitative estimate of drug-likeness (QED) is 0.776. The summed E-state index contributed by atoms with van der Waals surface area (Å²) >= 11 is 0. The van der Waals surface area contributed by atoms with Gasteiger partial charge >= 0.3 is 6.03 Å². The summed E-state index contributed by atoms with van der Waals surface area (Å²) in [5.41, 5.74) is 2.35. The van der Waals surface area contributed by atoms with E-state index in [0.29, 0.717) is 6.54 Å². The van der Waals surface area contributed by atoms with Gasteiger partial charge in [-0.3, -0.25) is 0 Å². The molecule has 1 aliphatic heterocycles. The fourth-order valence-electron chi connectivity index (χ4n) is 2.60. The van der Waals surface area contributed by atoms with Crippen molar-refractivity contribution in [1.29, 1.82) is 0 Å². The van der Waals surface area contributed by atoms with E-state index in [4.69, 9.17) is 5.11 Å². The van der Waals surface area contributed by atoms with Gasteiger partial charge in [0.1, 0.15) is 0 Å². The number of para-hydroxylation sites is 1. The Hall–Kier alpha value is -1.75. The maximum Gasteiger partial charge on any atom is 0.315 e. The van der Waals surface area contributed by atoms with Crippen LogP contribution in [0, 0.1) is 0 Å². The van der Waals surface area contributed by atoms with Crippen LogP contribution in [0.25, 0.3) is 0 Å². The van der Waals surface area contributed by atoms with Crippen molar-refractivity contribution in [1.82, 2.24) is 10.6 Å². The fraction of sp³-hybridized carbons (Fsp3) is 0.562. The summed E-state index contributed by atoms with van der Waals surface area (Å²) < 4.78 is 0. The van der Waals surface area contributed by atoms with E-state index in [-0.39, 0.29) is 18.7 Å². The van der Waals surface area contributed by atoms with Gasteiger partial charge in [0.25, 0.3) is 0 Å². The predicted octanol–water partition coefficient (Wildman–Crippen LogP) is 1.86. The fourth-order valence-corrected chi connectivity index (χ4v) is 2.60. The van der Waals surface area contributed by atoms with Crippen molar-refractivity contribution in [3.05, 3.63) is 29.8 Å². The largest absolute Gasteiger partial charge is 0.394 e. The minimum Gasteiger partial charge on any atom is -0.394 e. The van der Waals surface area contributed by atoms with Gasteiger partial charge in [-0.15, -0.1) is 0 Å². The number of aliphatic hydroxyl groups is 1. The van der Waals surface area contributed by atoms with Crippen LogP contribution in [0.2, 0.25) is 0 Å². The van der Waals surface area contributed by atoms with Crippen molar-refractivity contribution in [2.45, 2.75) is 38.8 Å². The maximum atomic E-state index is 11.7. The van der Waals surface area contributed by atoms with Gasteiger partial charge in [-0.25, -0.2) is 4.79 Å². The third-order valence-corrected chi connectivity index (χ3v) is 3.78. The zero-order valence-corrected chi connectivity index (χ0v) is 12.6. The van der Waals surface area contributed by atoms with Gasteiger partial charge in [0.05, 0.1) is 12.6 Å². The molecule has 3 N–H and O–H groups in total. The SMILES string of the molecule is C[C@@H](CO)NC(=O)NCc1ccccc1N1CCCCC1. The molecule has 0 bridgehead atoms. The van der Waals surface area contributed by atoms with E-state index in [9.17, 15) is 4.79 Å². The average molecular weight is 291 g/mol. The molecule has 1 saturated heterocycles. The Bertz CT molecular complexity index is 459. The number of hydrogen-bond donors (Lipinski definition) is 3. The number of aliphatic hydroxyl groups excluding tert-OH is 1. The van der Waals surface area contributed by atoms with E-state index in [0.717, 1.165) is 18.7 Å². The lowest BCUT2D eigenvalue weighted by atomic mass is 10.1. The highest BCUT2D eigenvalue weighted by atomic mass is 16.3. The summed E-state index contributed by atoms with van der Waals surface area (Å²) in [4.78, 5) is 14.1. The Kier molecular flexibility index (Phi) is 5.87. The third-order valence-electron chi connectivity index (χ3n) is 3.78. The Morgan fingerprint density at radius 3 is 2.71 bits per heavy atom. The molecule has 1 fully saturated rings. The topological polar surface area (TPSA) is 64.6 Å². The van der Waals surface area contributed by atoms with Crippen LogP contribution in [-0.2, 0) is 6.54 Å². The normalized spacial score (nSPS) is 16.4. The van der Waals surface area contributed by atoms with E-state index >= 15 is 0 Å². The van der Waals surface area contributed by atoms with Crippen LogP contribution in [0.4, 0.5) is 10.5 Å². The number of anilines is 1. The lowest BCUT2D eigenvalue weighted by Gasteiger charge is -2.30. The van der Waals surface area contributed by atoms with Gasteiger partial charge in [-0.1, -0.05) is 18.2 Å². The van der Waals surface area contributed by atoms with Gasteiger partial charge in [0.2, 0.25) is 0 Å². The number of piperidine rings is 1. The molecule has 1 aliphatic rings. The maximum absolute atomic E-state index is 11.7. The van der Waals surface area contributed by atoms with Crippen molar-refractivity contribution in [2.75, 3.05) is 24.6 Å². The van der Waals surface area contributed by atoms with E-state index in [1.165, 1.54) is 24.9 Å². The lowest BCUT2D eigenvalue weighted by molar-refractivity contribution is 0.220. The number of carbonyl (C=O) groups excluding carboxylic acids is 1. The molecule has 116 valence electrons. The number of nitrogens with one attached hydrogen (secondary N) is 2. The van der Waals surface area contributed by atoms with Crippen LogP contribution < -0.4 is 15.5 Å². The molecule has 21 heavy (non-hydrogen) atoms. The van der Waals surface area contributed by atoms with Crippen LogP contribution in [0.5, 0.6) is 0 Å². The van der Waals surface area contributed by atoms with Crippen LogP contribution in [-0.4, -0.2) is 36.9 Å². The van der Waals surface area contributed by atoms with Crippen molar-refractivity contribution in [3.8, 4) is 0 Å². The molecule has 0 spiro atoms. The standard InChI is InChI=1S/C16H25N3O2/c1-13(12-20)18-16(21)17-11-14-7-3-4-8-15(14)19-9-5-2-6-10-19/h3-4,7-8,13,20H,2,5-6,9-12H2,1H3,(H2,17,18,21)/t13-/m0/s1. The highest BCUT2D eigenvalue weighted by molar-refractivity contribution is 5.74. The van der Waals surface area contributed by atoms with Gasteiger partial charge in [-0.2, -0.15) is 0 Å². The van der Waals surface area contributed by atoms with Gasteiger partial charge in [-0.05, 0) is 37.8 Å². The number of urea groups is 1. The molecule has 2 amide bonds. The molecule has 0 radical (unpaired) electrons. The monoisotopic (exact) mass is 291 g/mol. The molecule has 1 aromatic rings. The Morgan fingerprint density at radius 2 is 2.00 bits per heavy atom. The minimum absolute atomic E-state index is 0.0578. The lowest BCUT2D eigenvalue weighted by Crippen LogP contribution is -2.42. The van der Waals surface area contributed by atoms with Crippen molar-refractivity contribution in [2.24, 2.45) is 0 Å². The van der Waals surface area contributed by atoms with E-state index in [2.05, 4.69) is 27.7 Å². The first kappa shape index (κ1) is 15.6. The summed E-state index contributed by atoms with van der Waals surface area (Å²) in [5.74, 6) is 0. The third kappa shape index (κ3) is 4.63. The molecule has 0 saturated carbocycles. The second-order valence-electron chi connectivity index (χ2n) is 5.59. The first-order valence-electron chi connectivity index (χ1n) is 7.69. The minimum atomic E-state index is -0.245. The van der Waals surface area contributed by atoms with Gasteiger partial charge < -0.3 is 20.6 Å². The van der Waals surface area contributed by atoms with Crippen molar-refractivity contribution >= 4 is 11.7 Å². The van der Waals surface area contributed by atoms with Crippen LogP contribution >= 0.6 is 0 Å². The first-order chi connectivity index (χ1) is 10.2. The number of benzene rings is 1. The molecule has 1 atom stereocenters. The van der Waals surface area contributed by atoms with Crippen LogP contribution in [0.15, 0.2) is 24.3 Å². The second-order valence-corrected chi connectivity index (χ2v) is 5.59. The number of carbonyl (C=O) groups is 1. The van der Waals surface area contributed by atoms with Gasteiger partial charge in [0, 0.05) is 25.3 Å². The zero-order valence-electron chi connectivity index (χ0n) is 12.6. The summed E-state index contributed by atoms with van der Waals surface area (Å²) in [7, 11) is 0. The highest BCUT2D eigenvalue weighted by Gasteiger charge is 2.14. The molecule has 0 aliphatic carbocycles. The van der Waals surface area contributed by atoms with E-state index in [1.54, 1.807) is 6.92 Å². The van der Waals surface area contributed by atoms with Crippen LogP contribution in [0.1, 0.15) is 31.7 Å². The number of rotatable bonds is 5. The number of hydrogen-bond acceptors (Lipinski definition) is 3. The molecular formula is C16H25N3O2. The second kappa shape index (κ2) is 7.88. The summed E-state index contributed by atoms with van der Waals surface area (Å²) in [6.07, 6.45) is 3.77. The first-order valence-corrected chi connectivity index (χ1v) is 7.69.